The number of hydrogen-bond donors (Lipinski definition) is 0. The van der Waals surface area contributed by atoms with E-state index in [-0.39, 0.29) is 5.41 Å². The van der Waals surface area contributed by atoms with Crippen molar-refractivity contribution in [1.82, 2.24) is 14.6 Å². The Balaban J connectivity index is 2.14. The third kappa shape index (κ3) is 2.40. The summed E-state index contributed by atoms with van der Waals surface area (Å²) >= 11 is 1.55. The topological polar surface area (TPSA) is 54.0 Å². The van der Waals surface area contributed by atoms with Crippen molar-refractivity contribution in [3.8, 4) is 17.3 Å². The van der Waals surface area contributed by atoms with Crippen LogP contribution in [0.5, 0.6) is 0 Å². The molecule has 112 valence electrons. The first kappa shape index (κ1) is 14.7. The lowest BCUT2D eigenvalue weighted by Crippen LogP contribution is -2.11. The third-order valence-corrected chi connectivity index (χ3v) is 4.92. The summed E-state index contributed by atoms with van der Waals surface area (Å²) in [7, 11) is 0. The second kappa shape index (κ2) is 5.22. The van der Waals surface area contributed by atoms with Crippen LogP contribution in [0.4, 0.5) is 0 Å². The van der Waals surface area contributed by atoms with E-state index < -0.39 is 0 Å². The maximum Gasteiger partial charge on any atom is 0.214 e. The second-order valence-electron chi connectivity index (χ2n) is 6.32. The van der Waals surface area contributed by atoms with E-state index in [0.29, 0.717) is 11.4 Å². The molecule has 0 radical (unpaired) electrons. The first-order chi connectivity index (χ1) is 10.4. The fraction of sp³-hybridized carbons (Fsp3) is 0.353. The first-order valence-corrected chi connectivity index (χ1v) is 8.15. The minimum absolute atomic E-state index is 0.0406. The van der Waals surface area contributed by atoms with Crippen LogP contribution in [-0.2, 0) is 11.8 Å². The van der Waals surface area contributed by atoms with E-state index in [2.05, 4.69) is 56.0 Å². The van der Waals surface area contributed by atoms with E-state index in [1.54, 1.807) is 15.9 Å². The number of aromatic nitrogens is 3. The molecule has 0 saturated heterocycles. The molecule has 4 nitrogen and oxygen atoms in total. The number of imidazole rings is 1. The molecule has 22 heavy (non-hydrogen) atoms. The fourth-order valence-electron chi connectivity index (χ4n) is 2.25. The molecule has 0 unspecified atom stereocenters. The van der Waals surface area contributed by atoms with E-state index in [9.17, 15) is 5.26 Å². The first-order valence-electron chi connectivity index (χ1n) is 7.33. The van der Waals surface area contributed by atoms with Gasteiger partial charge in [0.05, 0.1) is 0 Å². The molecular weight excluding hydrogens is 292 g/mol. The van der Waals surface area contributed by atoms with Gasteiger partial charge < -0.3 is 0 Å². The van der Waals surface area contributed by atoms with Gasteiger partial charge in [0, 0.05) is 11.0 Å². The standard InChI is InChI=1S/C17H18N4S/c1-5-11-6-8-12(9-7-11)14-13(10-18)21-16(19-14)22-15(20-21)17(2,3)4/h6-9H,5H2,1-4H3. The number of fused-ring (bicyclic) bond motifs is 1. The zero-order chi connectivity index (χ0) is 15.9. The number of hydrogen-bond acceptors (Lipinski definition) is 4. The Morgan fingerprint density at radius 1 is 1.23 bits per heavy atom. The monoisotopic (exact) mass is 310 g/mol. The normalized spacial score (nSPS) is 11.8. The van der Waals surface area contributed by atoms with Gasteiger partial charge in [0.25, 0.3) is 0 Å². The van der Waals surface area contributed by atoms with Crippen molar-refractivity contribution in [1.29, 1.82) is 5.26 Å². The lowest BCUT2D eigenvalue weighted by molar-refractivity contribution is 0.573. The summed E-state index contributed by atoms with van der Waals surface area (Å²) in [6, 6.07) is 10.5. The molecule has 5 heteroatoms. The van der Waals surface area contributed by atoms with Gasteiger partial charge in [-0.15, -0.1) is 0 Å². The average molecular weight is 310 g/mol. The maximum atomic E-state index is 9.53. The molecule has 0 N–H and O–H groups in total. The van der Waals surface area contributed by atoms with E-state index in [4.69, 9.17) is 0 Å². The summed E-state index contributed by atoms with van der Waals surface area (Å²) in [5.74, 6) is 0. The predicted molar refractivity (Wildman–Crippen MR) is 89.1 cm³/mol. The number of rotatable bonds is 2. The van der Waals surface area contributed by atoms with E-state index >= 15 is 0 Å². The zero-order valence-electron chi connectivity index (χ0n) is 13.2. The Hall–Kier alpha value is -2.19. The highest BCUT2D eigenvalue weighted by molar-refractivity contribution is 7.16. The largest absolute Gasteiger partial charge is 0.216 e. The number of nitriles is 1. The molecule has 1 aromatic carbocycles. The van der Waals surface area contributed by atoms with E-state index in [1.807, 2.05) is 12.1 Å². The van der Waals surface area contributed by atoms with Gasteiger partial charge in [0.2, 0.25) is 4.96 Å². The van der Waals surface area contributed by atoms with Crippen LogP contribution < -0.4 is 0 Å². The summed E-state index contributed by atoms with van der Waals surface area (Å²) in [6.07, 6.45) is 1.00. The Bertz CT molecular complexity index is 857. The molecule has 2 heterocycles. The predicted octanol–water partition coefficient (Wildman–Crippen LogP) is 4.19. The second-order valence-corrected chi connectivity index (χ2v) is 7.28. The number of nitrogens with zero attached hydrogens (tertiary/aromatic N) is 4. The minimum atomic E-state index is -0.0406. The van der Waals surface area contributed by atoms with Crippen LogP contribution in [0, 0.1) is 11.3 Å². The van der Waals surface area contributed by atoms with Crippen LogP contribution in [0.1, 0.15) is 44.0 Å². The van der Waals surface area contributed by atoms with Crippen LogP contribution in [-0.4, -0.2) is 14.6 Å². The van der Waals surface area contributed by atoms with Gasteiger partial charge in [-0.3, -0.25) is 0 Å². The summed E-state index contributed by atoms with van der Waals surface area (Å²) in [5, 5.41) is 15.1. The quantitative estimate of drug-likeness (QED) is 0.713. The Labute approximate surface area is 134 Å². The highest BCUT2D eigenvalue weighted by atomic mass is 32.1. The van der Waals surface area contributed by atoms with Crippen LogP contribution in [0.25, 0.3) is 16.2 Å². The highest BCUT2D eigenvalue weighted by Gasteiger charge is 2.23. The van der Waals surface area contributed by atoms with Crippen LogP contribution in [0.2, 0.25) is 0 Å². The lowest BCUT2D eigenvalue weighted by atomic mass is 9.98. The highest BCUT2D eigenvalue weighted by Crippen LogP contribution is 2.31. The molecule has 0 saturated carbocycles. The number of benzene rings is 1. The van der Waals surface area contributed by atoms with Gasteiger partial charge in [-0.2, -0.15) is 14.9 Å². The molecule has 3 rings (SSSR count). The molecule has 0 aliphatic rings. The van der Waals surface area contributed by atoms with Crippen LogP contribution in [0.3, 0.4) is 0 Å². The maximum absolute atomic E-state index is 9.53. The Morgan fingerprint density at radius 3 is 2.45 bits per heavy atom. The van der Waals surface area contributed by atoms with Gasteiger partial charge >= 0.3 is 0 Å². The van der Waals surface area contributed by atoms with Crippen LogP contribution in [0.15, 0.2) is 24.3 Å². The van der Waals surface area contributed by atoms with Crippen molar-refractivity contribution in [2.75, 3.05) is 0 Å². The molecule has 3 aromatic rings. The fourth-order valence-corrected chi connectivity index (χ4v) is 3.21. The zero-order valence-corrected chi connectivity index (χ0v) is 14.0. The summed E-state index contributed by atoms with van der Waals surface area (Å²) in [5.41, 5.74) is 3.41. The van der Waals surface area contributed by atoms with Crippen molar-refractivity contribution in [2.24, 2.45) is 0 Å². The molecule has 0 atom stereocenters. The summed E-state index contributed by atoms with van der Waals surface area (Å²) < 4.78 is 1.67. The molecule has 0 aliphatic heterocycles. The summed E-state index contributed by atoms with van der Waals surface area (Å²) in [4.78, 5) is 5.41. The Morgan fingerprint density at radius 2 is 1.91 bits per heavy atom. The number of aryl methyl sites for hydroxylation is 1. The van der Waals surface area contributed by atoms with Crippen molar-refractivity contribution in [3.63, 3.8) is 0 Å². The van der Waals surface area contributed by atoms with Gasteiger partial charge in [0.1, 0.15) is 16.8 Å². The molecule has 0 spiro atoms. The van der Waals surface area contributed by atoms with Gasteiger partial charge in [-0.1, -0.05) is 63.3 Å². The molecule has 0 aliphatic carbocycles. The van der Waals surface area contributed by atoms with Crippen molar-refractivity contribution in [2.45, 2.75) is 39.5 Å². The van der Waals surface area contributed by atoms with Crippen molar-refractivity contribution < 1.29 is 0 Å². The van der Waals surface area contributed by atoms with Gasteiger partial charge in [0.15, 0.2) is 5.69 Å². The van der Waals surface area contributed by atoms with Crippen LogP contribution >= 0.6 is 11.3 Å². The summed E-state index contributed by atoms with van der Waals surface area (Å²) in [6.45, 7) is 8.46. The Kier molecular flexibility index (Phi) is 3.50. The van der Waals surface area contributed by atoms with E-state index in [0.717, 1.165) is 22.0 Å². The van der Waals surface area contributed by atoms with Gasteiger partial charge in [-0.05, 0) is 12.0 Å². The molecule has 0 fully saturated rings. The smallest absolute Gasteiger partial charge is 0.214 e. The van der Waals surface area contributed by atoms with E-state index in [1.165, 1.54) is 5.56 Å². The SMILES string of the molecule is CCc1ccc(-c2nc3sc(C(C)(C)C)nn3c2C#N)cc1. The molecular formula is C17H18N4S. The van der Waals surface area contributed by atoms with Crippen molar-refractivity contribution in [3.05, 3.63) is 40.5 Å². The molecule has 0 amide bonds. The molecule has 0 bridgehead atoms. The average Bonchev–Trinajstić information content (AvgIpc) is 3.04. The van der Waals surface area contributed by atoms with Gasteiger partial charge in [-0.25, -0.2) is 4.98 Å². The molecule has 2 aromatic heterocycles. The third-order valence-electron chi connectivity index (χ3n) is 3.59. The van der Waals surface area contributed by atoms with Crippen molar-refractivity contribution >= 4 is 16.3 Å². The lowest BCUT2D eigenvalue weighted by Gasteiger charge is -2.12. The minimum Gasteiger partial charge on any atom is -0.216 e.